The number of halogens is 1. The molecule has 1 atom stereocenters. The molecule has 1 saturated heterocycles. The third-order valence-corrected chi connectivity index (χ3v) is 7.73. The van der Waals surface area contributed by atoms with Gasteiger partial charge in [0.05, 0.1) is 10.4 Å². The van der Waals surface area contributed by atoms with E-state index in [4.69, 9.17) is 11.6 Å². The maximum absolute atomic E-state index is 12.5. The van der Waals surface area contributed by atoms with Crippen LogP contribution in [0.2, 0.25) is 4.34 Å². The summed E-state index contributed by atoms with van der Waals surface area (Å²) in [4.78, 5) is 4.63. The molecule has 2 aromatic heterocycles. The standard InChI is InChI=1S/C16H23ClN4O2S2/c1-19-8-10-21(11-9-19)14(13-4-3-7-20(13)2)12-18-25(22,23)16-6-5-15(17)24-16/h3-7,14,18H,8-12H2,1-2H3. The van der Waals surface area contributed by atoms with Crippen molar-refractivity contribution in [2.24, 2.45) is 7.05 Å². The minimum atomic E-state index is -3.55. The van der Waals surface area contributed by atoms with Crippen molar-refractivity contribution in [2.75, 3.05) is 39.8 Å². The molecule has 0 bridgehead atoms. The molecule has 6 nitrogen and oxygen atoms in total. The normalized spacial score (nSPS) is 18.5. The Hall–Kier alpha value is -0.900. The third kappa shape index (κ3) is 4.45. The minimum Gasteiger partial charge on any atom is -0.353 e. The summed E-state index contributed by atoms with van der Waals surface area (Å²) in [7, 11) is 0.551. The van der Waals surface area contributed by atoms with Gasteiger partial charge in [-0.2, -0.15) is 0 Å². The topological polar surface area (TPSA) is 57.6 Å². The molecule has 3 rings (SSSR count). The number of aryl methyl sites for hydroxylation is 1. The second-order valence-corrected chi connectivity index (χ2v) is 10.0. The van der Waals surface area contributed by atoms with E-state index in [1.165, 1.54) is 0 Å². The number of sulfonamides is 1. The van der Waals surface area contributed by atoms with E-state index < -0.39 is 10.0 Å². The molecule has 25 heavy (non-hydrogen) atoms. The predicted octanol–water partition coefficient (Wildman–Crippen LogP) is 2.01. The lowest BCUT2D eigenvalue weighted by molar-refractivity contribution is 0.109. The largest absolute Gasteiger partial charge is 0.353 e. The Bertz CT molecular complexity index is 810. The Morgan fingerprint density at radius 3 is 2.48 bits per heavy atom. The lowest BCUT2D eigenvalue weighted by Crippen LogP contribution is -2.48. The first kappa shape index (κ1) is 18.9. The summed E-state index contributed by atoms with van der Waals surface area (Å²) in [6.45, 7) is 4.12. The molecule has 1 aliphatic heterocycles. The quantitative estimate of drug-likeness (QED) is 0.803. The fourth-order valence-corrected chi connectivity index (χ4v) is 5.64. The fourth-order valence-electron chi connectivity index (χ4n) is 3.08. The fraction of sp³-hybridized carbons (Fsp3) is 0.500. The summed E-state index contributed by atoms with van der Waals surface area (Å²) >= 11 is 6.95. The van der Waals surface area contributed by atoms with Crippen molar-refractivity contribution in [3.05, 3.63) is 40.5 Å². The molecule has 0 radical (unpaired) electrons. The summed E-state index contributed by atoms with van der Waals surface area (Å²) in [5.41, 5.74) is 1.11. The van der Waals surface area contributed by atoms with Gasteiger partial charge in [-0.1, -0.05) is 11.6 Å². The first-order valence-corrected chi connectivity index (χ1v) is 10.8. The van der Waals surface area contributed by atoms with Gasteiger partial charge in [0.25, 0.3) is 0 Å². The summed E-state index contributed by atoms with van der Waals surface area (Å²) in [6.07, 6.45) is 1.99. The van der Waals surface area contributed by atoms with Gasteiger partial charge in [0.2, 0.25) is 10.0 Å². The zero-order valence-corrected chi connectivity index (χ0v) is 16.7. The molecule has 0 spiro atoms. The Labute approximate surface area is 158 Å². The van der Waals surface area contributed by atoms with Crippen LogP contribution in [0, 0.1) is 0 Å². The number of nitrogens with one attached hydrogen (secondary N) is 1. The van der Waals surface area contributed by atoms with Crippen LogP contribution in [-0.2, 0) is 17.1 Å². The van der Waals surface area contributed by atoms with Gasteiger partial charge in [0.1, 0.15) is 4.21 Å². The highest BCUT2D eigenvalue weighted by Gasteiger charge is 2.27. The smallest absolute Gasteiger partial charge is 0.250 e. The average molecular weight is 403 g/mol. The average Bonchev–Trinajstić information content (AvgIpc) is 3.19. The SMILES string of the molecule is CN1CCN(C(CNS(=O)(=O)c2ccc(Cl)s2)c2cccn2C)CC1. The lowest BCUT2D eigenvalue weighted by Gasteiger charge is -2.38. The van der Waals surface area contributed by atoms with Gasteiger partial charge >= 0.3 is 0 Å². The zero-order chi connectivity index (χ0) is 18.0. The molecule has 1 aliphatic rings. The maximum Gasteiger partial charge on any atom is 0.250 e. The lowest BCUT2D eigenvalue weighted by atomic mass is 10.1. The van der Waals surface area contributed by atoms with Gasteiger partial charge in [-0.15, -0.1) is 11.3 Å². The number of thiophene rings is 1. The zero-order valence-electron chi connectivity index (χ0n) is 14.4. The van der Waals surface area contributed by atoms with Crippen molar-refractivity contribution in [2.45, 2.75) is 10.3 Å². The van der Waals surface area contributed by atoms with E-state index >= 15 is 0 Å². The van der Waals surface area contributed by atoms with Gasteiger partial charge in [0, 0.05) is 51.7 Å². The van der Waals surface area contributed by atoms with E-state index in [1.807, 2.05) is 19.3 Å². The van der Waals surface area contributed by atoms with Gasteiger partial charge in [0.15, 0.2) is 0 Å². The van der Waals surface area contributed by atoms with E-state index in [9.17, 15) is 8.42 Å². The molecular formula is C16H23ClN4O2S2. The van der Waals surface area contributed by atoms with Crippen LogP contribution in [0.15, 0.2) is 34.7 Å². The number of nitrogens with zero attached hydrogens (tertiary/aromatic N) is 3. The number of rotatable bonds is 6. The predicted molar refractivity (Wildman–Crippen MR) is 102 cm³/mol. The first-order valence-electron chi connectivity index (χ1n) is 8.15. The highest BCUT2D eigenvalue weighted by atomic mass is 35.5. The molecule has 0 saturated carbocycles. The van der Waals surface area contributed by atoms with E-state index in [0.29, 0.717) is 10.9 Å². The second-order valence-electron chi connectivity index (χ2n) is 6.31. The van der Waals surface area contributed by atoms with Crippen molar-refractivity contribution in [3.63, 3.8) is 0 Å². The molecule has 0 aliphatic carbocycles. The number of likely N-dealkylation sites (N-methyl/N-ethyl adjacent to an activating group) is 1. The van der Waals surface area contributed by atoms with E-state index in [1.54, 1.807) is 12.1 Å². The number of aromatic nitrogens is 1. The van der Waals surface area contributed by atoms with Crippen LogP contribution in [0.4, 0.5) is 0 Å². The molecule has 1 N–H and O–H groups in total. The van der Waals surface area contributed by atoms with Crippen molar-refractivity contribution < 1.29 is 8.42 Å². The molecule has 0 aromatic carbocycles. The summed E-state index contributed by atoms with van der Waals surface area (Å²) in [6, 6.07) is 7.20. The summed E-state index contributed by atoms with van der Waals surface area (Å²) < 4.78 is 30.6. The van der Waals surface area contributed by atoms with Gasteiger partial charge < -0.3 is 9.47 Å². The molecule has 9 heteroatoms. The van der Waals surface area contributed by atoms with E-state index in [0.717, 1.165) is 43.2 Å². The van der Waals surface area contributed by atoms with Crippen molar-refractivity contribution in [3.8, 4) is 0 Å². The Morgan fingerprint density at radius 1 is 1.20 bits per heavy atom. The molecule has 138 valence electrons. The number of hydrogen-bond donors (Lipinski definition) is 1. The minimum absolute atomic E-state index is 0.00101. The monoisotopic (exact) mass is 402 g/mol. The van der Waals surface area contributed by atoms with Crippen LogP contribution < -0.4 is 4.72 Å². The van der Waals surface area contributed by atoms with Crippen LogP contribution in [-0.4, -0.2) is 62.6 Å². The number of hydrogen-bond acceptors (Lipinski definition) is 5. The molecule has 1 fully saturated rings. The van der Waals surface area contributed by atoms with Crippen LogP contribution >= 0.6 is 22.9 Å². The van der Waals surface area contributed by atoms with Gasteiger partial charge in [-0.05, 0) is 31.3 Å². The summed E-state index contributed by atoms with van der Waals surface area (Å²) in [5.74, 6) is 0. The van der Waals surface area contributed by atoms with Crippen molar-refractivity contribution >= 4 is 33.0 Å². The third-order valence-electron chi connectivity index (χ3n) is 4.58. The van der Waals surface area contributed by atoms with Crippen LogP contribution in [0.5, 0.6) is 0 Å². The Morgan fingerprint density at radius 2 is 1.92 bits per heavy atom. The van der Waals surface area contributed by atoms with Crippen LogP contribution in [0.25, 0.3) is 0 Å². The van der Waals surface area contributed by atoms with Crippen LogP contribution in [0.1, 0.15) is 11.7 Å². The van der Waals surface area contributed by atoms with Crippen molar-refractivity contribution in [1.29, 1.82) is 0 Å². The molecule has 2 aromatic rings. The van der Waals surface area contributed by atoms with Gasteiger partial charge in [-0.3, -0.25) is 4.90 Å². The second kappa shape index (κ2) is 7.77. The Balaban J connectivity index is 1.77. The summed E-state index contributed by atoms with van der Waals surface area (Å²) in [5, 5.41) is 0. The Kier molecular flexibility index (Phi) is 5.87. The number of piperazine rings is 1. The van der Waals surface area contributed by atoms with E-state index in [2.05, 4.69) is 32.2 Å². The highest BCUT2D eigenvalue weighted by molar-refractivity contribution is 7.91. The van der Waals surface area contributed by atoms with Gasteiger partial charge in [-0.25, -0.2) is 13.1 Å². The molecule has 0 amide bonds. The highest BCUT2D eigenvalue weighted by Crippen LogP contribution is 2.27. The molecular weight excluding hydrogens is 380 g/mol. The molecule has 1 unspecified atom stereocenters. The van der Waals surface area contributed by atoms with Crippen molar-refractivity contribution in [1.82, 2.24) is 19.1 Å². The maximum atomic E-state index is 12.5. The molecule has 3 heterocycles. The van der Waals surface area contributed by atoms with E-state index in [-0.39, 0.29) is 10.3 Å². The first-order chi connectivity index (χ1) is 11.9. The van der Waals surface area contributed by atoms with Crippen LogP contribution in [0.3, 0.4) is 0 Å².